The van der Waals surface area contributed by atoms with E-state index in [1.165, 1.54) is 18.2 Å². The first-order chi connectivity index (χ1) is 8.50. The van der Waals surface area contributed by atoms with Gasteiger partial charge in [-0.3, -0.25) is 0 Å². The Balaban J connectivity index is 2.40. The molecule has 0 spiro atoms. The van der Waals surface area contributed by atoms with Crippen molar-refractivity contribution in [3.05, 3.63) is 64.4 Å². The van der Waals surface area contributed by atoms with Crippen molar-refractivity contribution in [3.63, 3.8) is 0 Å². The van der Waals surface area contributed by atoms with E-state index in [1.54, 1.807) is 24.3 Å². The maximum atomic E-state index is 13.5. The van der Waals surface area contributed by atoms with Crippen LogP contribution in [0.2, 0.25) is 0 Å². The van der Waals surface area contributed by atoms with E-state index in [0.29, 0.717) is 10.0 Å². The van der Waals surface area contributed by atoms with Crippen LogP contribution in [0.15, 0.2) is 57.9 Å². The Kier molecular flexibility index (Phi) is 3.82. The molecule has 18 heavy (non-hydrogen) atoms. The predicted molar refractivity (Wildman–Crippen MR) is 71.4 cm³/mol. The summed E-state index contributed by atoms with van der Waals surface area (Å²) in [6, 6.07) is 12.4. The highest BCUT2D eigenvalue weighted by Crippen LogP contribution is 2.23. The van der Waals surface area contributed by atoms with Crippen LogP contribution in [-0.4, -0.2) is 8.42 Å². The van der Waals surface area contributed by atoms with Crippen molar-refractivity contribution < 1.29 is 12.8 Å². The van der Waals surface area contributed by atoms with Crippen molar-refractivity contribution in [2.24, 2.45) is 0 Å². The van der Waals surface area contributed by atoms with Gasteiger partial charge in [0.2, 0.25) is 0 Å². The third-order valence-corrected chi connectivity index (χ3v) is 4.94. The summed E-state index contributed by atoms with van der Waals surface area (Å²) in [5.41, 5.74) is 0.612. The van der Waals surface area contributed by atoms with Crippen molar-refractivity contribution in [2.45, 2.75) is 10.6 Å². The Labute approximate surface area is 114 Å². The normalized spacial score (nSPS) is 11.4. The van der Waals surface area contributed by atoms with E-state index in [2.05, 4.69) is 15.9 Å². The smallest absolute Gasteiger partial charge is 0.185 e. The van der Waals surface area contributed by atoms with Gasteiger partial charge >= 0.3 is 0 Å². The molecule has 0 atom stereocenters. The summed E-state index contributed by atoms with van der Waals surface area (Å²) in [5, 5.41) is 0. The van der Waals surface area contributed by atoms with Crippen LogP contribution in [-0.2, 0) is 15.6 Å². The van der Waals surface area contributed by atoms with Crippen LogP contribution >= 0.6 is 15.9 Å². The van der Waals surface area contributed by atoms with Crippen molar-refractivity contribution >= 4 is 25.8 Å². The summed E-state index contributed by atoms with van der Waals surface area (Å²) in [7, 11) is -3.67. The predicted octanol–water partition coefficient (Wildman–Crippen LogP) is 3.56. The molecule has 2 rings (SSSR count). The molecule has 0 aromatic heterocycles. The molecule has 2 aromatic carbocycles. The number of hydrogen-bond acceptors (Lipinski definition) is 2. The van der Waals surface area contributed by atoms with Gasteiger partial charge in [-0.05, 0) is 23.8 Å². The second kappa shape index (κ2) is 5.20. The van der Waals surface area contributed by atoms with Gasteiger partial charge in [-0.1, -0.05) is 46.3 Å². The Morgan fingerprint density at radius 2 is 1.61 bits per heavy atom. The number of hydrogen-bond donors (Lipinski definition) is 0. The van der Waals surface area contributed by atoms with Gasteiger partial charge < -0.3 is 0 Å². The van der Waals surface area contributed by atoms with E-state index < -0.39 is 15.7 Å². The lowest BCUT2D eigenvalue weighted by molar-refractivity contribution is 0.566. The molecule has 0 amide bonds. The fourth-order valence-electron chi connectivity index (χ4n) is 1.59. The lowest BCUT2D eigenvalue weighted by atomic mass is 10.2. The molecule has 5 heteroatoms. The van der Waals surface area contributed by atoms with Crippen molar-refractivity contribution in [2.75, 3.05) is 0 Å². The average molecular weight is 329 g/mol. The summed E-state index contributed by atoms with van der Waals surface area (Å²) in [6.07, 6.45) is 0. The summed E-state index contributed by atoms with van der Waals surface area (Å²) in [6.45, 7) is 0. The minimum Gasteiger partial charge on any atom is -0.223 e. The monoisotopic (exact) mass is 328 g/mol. The minimum absolute atomic E-state index is 0.227. The highest BCUT2D eigenvalue weighted by Gasteiger charge is 2.20. The highest BCUT2D eigenvalue weighted by molar-refractivity contribution is 9.10. The maximum absolute atomic E-state index is 13.5. The Morgan fingerprint density at radius 3 is 2.28 bits per heavy atom. The summed E-state index contributed by atoms with van der Waals surface area (Å²) in [4.78, 5) is -0.263. The topological polar surface area (TPSA) is 34.1 Å². The molecule has 0 aliphatic heterocycles. The van der Waals surface area contributed by atoms with Gasteiger partial charge in [0, 0.05) is 4.47 Å². The zero-order valence-corrected chi connectivity index (χ0v) is 11.7. The van der Waals surface area contributed by atoms with Crippen LogP contribution in [0.3, 0.4) is 0 Å². The van der Waals surface area contributed by atoms with Crippen molar-refractivity contribution in [1.82, 2.24) is 0 Å². The second-order valence-corrected chi connectivity index (χ2v) is 6.59. The van der Waals surface area contributed by atoms with Crippen molar-refractivity contribution in [1.29, 1.82) is 0 Å². The lowest BCUT2D eigenvalue weighted by Gasteiger charge is -2.07. The lowest BCUT2D eigenvalue weighted by Crippen LogP contribution is -2.07. The molecular formula is C13H10BrFO2S. The van der Waals surface area contributed by atoms with Crippen molar-refractivity contribution in [3.8, 4) is 0 Å². The van der Waals surface area contributed by atoms with Gasteiger partial charge in [-0.2, -0.15) is 0 Å². The average Bonchev–Trinajstić information content (AvgIpc) is 2.32. The quantitative estimate of drug-likeness (QED) is 0.863. The molecule has 2 nitrogen and oxygen atoms in total. The third-order valence-electron chi connectivity index (χ3n) is 2.48. The zero-order valence-electron chi connectivity index (χ0n) is 9.31. The van der Waals surface area contributed by atoms with E-state index >= 15 is 0 Å². The first-order valence-electron chi connectivity index (χ1n) is 5.21. The third kappa shape index (κ3) is 2.79. The van der Waals surface area contributed by atoms with Crippen LogP contribution < -0.4 is 0 Å². The van der Waals surface area contributed by atoms with Gasteiger partial charge in [0.25, 0.3) is 0 Å². The largest absolute Gasteiger partial charge is 0.223 e. The summed E-state index contributed by atoms with van der Waals surface area (Å²) >= 11 is 3.28. The van der Waals surface area contributed by atoms with Crippen LogP contribution in [0.25, 0.3) is 0 Å². The molecule has 0 aliphatic carbocycles. The number of halogens is 2. The van der Waals surface area contributed by atoms with Gasteiger partial charge in [0.1, 0.15) is 10.7 Å². The van der Waals surface area contributed by atoms with Gasteiger partial charge in [0.05, 0.1) is 5.75 Å². The number of sulfone groups is 1. The molecule has 0 saturated carbocycles. The molecule has 2 aromatic rings. The van der Waals surface area contributed by atoms with Crippen LogP contribution in [0.4, 0.5) is 4.39 Å². The molecule has 94 valence electrons. The highest BCUT2D eigenvalue weighted by atomic mass is 79.9. The van der Waals surface area contributed by atoms with E-state index in [4.69, 9.17) is 0 Å². The van der Waals surface area contributed by atoms with E-state index in [-0.39, 0.29) is 10.6 Å². The molecule has 0 saturated heterocycles. The second-order valence-electron chi connectivity index (χ2n) is 3.78. The SMILES string of the molecule is O=S(=O)(Cc1ccccc1Br)c1ccccc1F. The Bertz CT molecular complexity index is 668. The Hall–Kier alpha value is -1.20. The van der Waals surface area contributed by atoms with E-state index in [1.807, 2.05) is 0 Å². The van der Waals surface area contributed by atoms with Gasteiger partial charge in [-0.25, -0.2) is 12.8 Å². The first kappa shape index (κ1) is 13.2. The first-order valence-corrected chi connectivity index (χ1v) is 7.66. The summed E-state index contributed by atoms with van der Waals surface area (Å²) < 4.78 is 38.4. The van der Waals surface area contributed by atoms with E-state index in [0.717, 1.165) is 6.07 Å². The van der Waals surface area contributed by atoms with Crippen LogP contribution in [0.1, 0.15) is 5.56 Å². The fraction of sp³-hybridized carbons (Fsp3) is 0.0769. The fourth-order valence-corrected chi connectivity index (χ4v) is 3.67. The minimum atomic E-state index is -3.67. The zero-order chi connectivity index (χ0) is 13.2. The molecule has 0 heterocycles. The molecule has 0 N–H and O–H groups in total. The maximum Gasteiger partial charge on any atom is 0.185 e. The van der Waals surface area contributed by atoms with Crippen LogP contribution in [0, 0.1) is 5.82 Å². The molecule has 0 bridgehead atoms. The summed E-state index contributed by atoms with van der Waals surface area (Å²) in [5.74, 6) is -0.945. The van der Waals surface area contributed by atoms with Gasteiger partial charge in [0.15, 0.2) is 9.84 Å². The molecular weight excluding hydrogens is 319 g/mol. The molecule has 0 aliphatic rings. The van der Waals surface area contributed by atoms with Crippen LogP contribution in [0.5, 0.6) is 0 Å². The van der Waals surface area contributed by atoms with E-state index in [9.17, 15) is 12.8 Å². The molecule has 0 fully saturated rings. The molecule has 0 unspecified atom stereocenters. The van der Waals surface area contributed by atoms with Gasteiger partial charge in [-0.15, -0.1) is 0 Å². The molecule has 0 radical (unpaired) electrons. The standard InChI is InChI=1S/C13H10BrFO2S/c14-11-6-2-1-5-10(11)9-18(16,17)13-8-4-3-7-12(13)15/h1-8H,9H2. The number of benzene rings is 2. The Morgan fingerprint density at radius 1 is 1.00 bits per heavy atom. The number of rotatable bonds is 3.